The zero-order valence-corrected chi connectivity index (χ0v) is 19.8. The summed E-state index contributed by atoms with van der Waals surface area (Å²) < 4.78 is 5.32. The summed E-state index contributed by atoms with van der Waals surface area (Å²) in [6, 6.07) is 9.59. The number of thiophene rings is 1. The van der Waals surface area contributed by atoms with E-state index in [-0.39, 0.29) is 24.9 Å². The van der Waals surface area contributed by atoms with Crippen molar-refractivity contribution < 1.29 is 19.1 Å². The Morgan fingerprint density at radius 2 is 2.00 bits per heavy atom. The van der Waals surface area contributed by atoms with E-state index in [1.807, 2.05) is 20.8 Å². The number of ether oxygens (including phenoxy) is 1. The van der Waals surface area contributed by atoms with Gasteiger partial charge in [0, 0.05) is 12.1 Å². The molecule has 0 aliphatic heterocycles. The molecule has 1 heterocycles. The number of carbonyl (C=O) groups excluding carboxylic acids is 3. The van der Waals surface area contributed by atoms with Gasteiger partial charge < -0.3 is 20.3 Å². The fraction of sp³-hybridized carbons (Fsp3) is 0.375. The summed E-state index contributed by atoms with van der Waals surface area (Å²) in [6.07, 6.45) is 2.28. The van der Waals surface area contributed by atoms with Gasteiger partial charge in [-0.3, -0.25) is 14.4 Å². The van der Waals surface area contributed by atoms with E-state index >= 15 is 0 Å². The largest absolute Gasteiger partial charge is 0.497 e. The highest BCUT2D eigenvalue weighted by Gasteiger charge is 2.33. The first-order valence-corrected chi connectivity index (χ1v) is 11.3. The maximum atomic E-state index is 13.4. The van der Waals surface area contributed by atoms with Gasteiger partial charge in [-0.05, 0) is 49.4 Å². The van der Waals surface area contributed by atoms with Crippen molar-refractivity contribution in [2.75, 3.05) is 20.2 Å². The molecule has 0 bridgehead atoms. The quantitative estimate of drug-likeness (QED) is 0.505. The number of methoxy groups -OCH3 is 1. The molecule has 2 rings (SSSR count). The van der Waals surface area contributed by atoms with Crippen LogP contribution in [0.2, 0.25) is 0 Å². The van der Waals surface area contributed by atoms with Crippen molar-refractivity contribution in [3.05, 3.63) is 64.9 Å². The number of amides is 3. The lowest BCUT2D eigenvalue weighted by molar-refractivity contribution is -0.140. The number of rotatable bonds is 11. The maximum Gasteiger partial charge on any atom is 0.261 e. The molecule has 0 spiro atoms. The van der Waals surface area contributed by atoms with Gasteiger partial charge in [-0.1, -0.05) is 31.2 Å². The van der Waals surface area contributed by atoms with Gasteiger partial charge in [-0.2, -0.15) is 0 Å². The van der Waals surface area contributed by atoms with Gasteiger partial charge in [0.15, 0.2) is 0 Å². The van der Waals surface area contributed by atoms with Crippen molar-refractivity contribution in [1.29, 1.82) is 0 Å². The Morgan fingerprint density at radius 1 is 1.25 bits per heavy atom. The second-order valence-electron chi connectivity index (χ2n) is 7.90. The van der Waals surface area contributed by atoms with E-state index in [0.29, 0.717) is 16.2 Å². The minimum absolute atomic E-state index is 0.134. The summed E-state index contributed by atoms with van der Waals surface area (Å²) >= 11 is 1.29. The van der Waals surface area contributed by atoms with Crippen molar-refractivity contribution in [3.8, 4) is 5.75 Å². The van der Waals surface area contributed by atoms with Crippen molar-refractivity contribution in [3.63, 3.8) is 0 Å². The minimum atomic E-state index is -0.917. The highest BCUT2D eigenvalue weighted by molar-refractivity contribution is 7.12. The molecule has 1 aromatic carbocycles. The van der Waals surface area contributed by atoms with Crippen LogP contribution in [0.4, 0.5) is 0 Å². The molecule has 0 fully saturated rings. The smallest absolute Gasteiger partial charge is 0.261 e. The second kappa shape index (κ2) is 11.5. The highest BCUT2D eigenvalue weighted by Crippen LogP contribution is 2.26. The van der Waals surface area contributed by atoms with E-state index in [2.05, 4.69) is 17.2 Å². The predicted octanol–water partition coefficient (Wildman–Crippen LogP) is 3.55. The summed E-state index contributed by atoms with van der Waals surface area (Å²) in [5.41, 5.74) is 0.151. The van der Waals surface area contributed by atoms with Crippen molar-refractivity contribution >= 4 is 29.1 Å². The third-order valence-corrected chi connectivity index (χ3v) is 5.97. The molecule has 8 heteroatoms. The van der Waals surface area contributed by atoms with E-state index < -0.39 is 17.5 Å². The van der Waals surface area contributed by atoms with Crippen LogP contribution in [0.15, 0.2) is 54.4 Å². The molecule has 7 nitrogen and oxygen atoms in total. The van der Waals surface area contributed by atoms with Gasteiger partial charge in [0.1, 0.15) is 11.8 Å². The Balaban J connectivity index is 2.34. The Bertz CT molecular complexity index is 940. The first-order valence-electron chi connectivity index (χ1n) is 10.4. The number of nitrogens with zero attached hydrogens (tertiary/aromatic N) is 1. The summed E-state index contributed by atoms with van der Waals surface area (Å²) in [4.78, 5) is 40.8. The van der Waals surface area contributed by atoms with Crippen LogP contribution in [0.1, 0.15) is 48.5 Å². The normalized spacial score (nSPS) is 11.9. The summed E-state index contributed by atoms with van der Waals surface area (Å²) in [5.74, 6) is -0.467. The fourth-order valence-electron chi connectivity index (χ4n) is 3.02. The molecule has 0 unspecified atom stereocenters. The first kappa shape index (κ1) is 25.1. The molecule has 32 heavy (non-hydrogen) atoms. The molecule has 2 N–H and O–H groups in total. The number of hydrogen-bond acceptors (Lipinski definition) is 5. The standard InChI is InChI=1S/C24H31N3O4S/c1-6-13-27(20(28)16-25-22(29)19-12-9-14-32-19)21(23(30)26-24(3,4)7-2)17-10-8-11-18(15-17)31-5/h6,8-12,14-15,21H,1,7,13,16H2,2-5H3,(H,25,29)(H,26,30)/t21-/m1/s1. The Hall–Kier alpha value is -3.13. The lowest BCUT2D eigenvalue weighted by Gasteiger charge is -2.34. The van der Waals surface area contributed by atoms with Gasteiger partial charge in [-0.15, -0.1) is 17.9 Å². The maximum absolute atomic E-state index is 13.4. The zero-order chi connectivity index (χ0) is 23.7. The van der Waals surface area contributed by atoms with Gasteiger partial charge in [-0.25, -0.2) is 0 Å². The molecule has 1 atom stereocenters. The second-order valence-corrected chi connectivity index (χ2v) is 8.85. The molecular weight excluding hydrogens is 426 g/mol. The lowest BCUT2D eigenvalue weighted by Crippen LogP contribution is -2.51. The van der Waals surface area contributed by atoms with Crippen LogP contribution in [0.25, 0.3) is 0 Å². The average molecular weight is 458 g/mol. The Morgan fingerprint density at radius 3 is 2.59 bits per heavy atom. The van der Waals surface area contributed by atoms with E-state index in [1.165, 1.54) is 16.2 Å². The van der Waals surface area contributed by atoms with Crippen LogP contribution < -0.4 is 15.4 Å². The van der Waals surface area contributed by atoms with E-state index in [4.69, 9.17) is 4.74 Å². The molecule has 172 valence electrons. The van der Waals surface area contributed by atoms with Crippen LogP contribution in [0.3, 0.4) is 0 Å². The topological polar surface area (TPSA) is 87.7 Å². The van der Waals surface area contributed by atoms with Crippen molar-refractivity contribution in [2.24, 2.45) is 0 Å². The minimum Gasteiger partial charge on any atom is -0.497 e. The summed E-state index contributed by atoms with van der Waals surface area (Å²) in [6.45, 7) is 9.47. The number of carbonyl (C=O) groups is 3. The monoisotopic (exact) mass is 457 g/mol. The van der Waals surface area contributed by atoms with Gasteiger partial charge in [0.25, 0.3) is 5.91 Å². The average Bonchev–Trinajstić information content (AvgIpc) is 3.32. The van der Waals surface area contributed by atoms with Crippen LogP contribution in [0, 0.1) is 0 Å². The van der Waals surface area contributed by atoms with E-state index in [0.717, 1.165) is 6.42 Å². The predicted molar refractivity (Wildman–Crippen MR) is 127 cm³/mol. The molecule has 3 amide bonds. The van der Waals surface area contributed by atoms with Crippen LogP contribution >= 0.6 is 11.3 Å². The Kier molecular flexibility index (Phi) is 9.02. The van der Waals surface area contributed by atoms with Gasteiger partial charge >= 0.3 is 0 Å². The van der Waals surface area contributed by atoms with Crippen LogP contribution in [0.5, 0.6) is 5.75 Å². The van der Waals surface area contributed by atoms with E-state index in [1.54, 1.807) is 55.0 Å². The number of nitrogens with one attached hydrogen (secondary N) is 2. The SMILES string of the molecule is C=CCN(C(=O)CNC(=O)c1cccs1)[C@@H](C(=O)NC(C)(C)CC)c1cccc(OC)c1. The molecular formula is C24H31N3O4S. The number of benzene rings is 1. The molecule has 0 saturated heterocycles. The van der Waals surface area contributed by atoms with E-state index in [9.17, 15) is 14.4 Å². The third kappa shape index (κ3) is 6.68. The zero-order valence-electron chi connectivity index (χ0n) is 19.0. The fourth-order valence-corrected chi connectivity index (χ4v) is 3.66. The lowest BCUT2D eigenvalue weighted by atomic mass is 9.98. The van der Waals surface area contributed by atoms with Crippen LogP contribution in [-0.4, -0.2) is 48.4 Å². The highest BCUT2D eigenvalue weighted by atomic mass is 32.1. The van der Waals surface area contributed by atoms with Crippen molar-refractivity contribution in [2.45, 2.75) is 38.8 Å². The van der Waals surface area contributed by atoms with Gasteiger partial charge in [0.05, 0.1) is 18.5 Å². The summed E-state index contributed by atoms with van der Waals surface area (Å²) in [5, 5.41) is 7.46. The molecule has 0 aliphatic rings. The first-order chi connectivity index (χ1) is 15.2. The van der Waals surface area contributed by atoms with Crippen molar-refractivity contribution in [1.82, 2.24) is 15.5 Å². The Labute approximate surface area is 193 Å². The third-order valence-electron chi connectivity index (χ3n) is 5.11. The molecule has 0 aliphatic carbocycles. The van der Waals surface area contributed by atoms with Gasteiger partial charge in [0.2, 0.25) is 11.8 Å². The molecule has 2 aromatic rings. The van der Waals surface area contributed by atoms with Crippen LogP contribution in [-0.2, 0) is 9.59 Å². The molecule has 0 radical (unpaired) electrons. The number of hydrogen-bond donors (Lipinski definition) is 2. The summed E-state index contributed by atoms with van der Waals surface area (Å²) in [7, 11) is 1.54. The molecule has 1 aromatic heterocycles. The molecule has 0 saturated carbocycles.